The van der Waals surface area contributed by atoms with Crippen molar-refractivity contribution in [2.45, 2.75) is 19.8 Å². The molecule has 5 heteroatoms. The van der Waals surface area contributed by atoms with Gasteiger partial charge in [0.2, 0.25) is 5.88 Å². The van der Waals surface area contributed by atoms with Gasteiger partial charge in [0.05, 0.1) is 12.0 Å². The minimum absolute atomic E-state index is 0.262. The van der Waals surface area contributed by atoms with Crippen LogP contribution in [0, 0.1) is 6.92 Å². The molecule has 0 amide bonds. The van der Waals surface area contributed by atoms with Gasteiger partial charge in [-0.15, -0.1) is 0 Å². The highest BCUT2D eigenvalue weighted by Crippen LogP contribution is 2.28. The normalized spacial score (nSPS) is 15.1. The van der Waals surface area contributed by atoms with E-state index in [2.05, 4.69) is 9.97 Å². The minimum atomic E-state index is -0.262. The van der Waals surface area contributed by atoms with Crippen LogP contribution in [-0.2, 0) is 11.2 Å². The zero-order valence-corrected chi connectivity index (χ0v) is 7.76. The van der Waals surface area contributed by atoms with Gasteiger partial charge in [-0.05, 0) is 13.3 Å². The van der Waals surface area contributed by atoms with E-state index in [0.717, 1.165) is 5.56 Å². The van der Waals surface area contributed by atoms with E-state index in [1.54, 1.807) is 6.92 Å². The SMILES string of the molecule is Cc1nc(Cl)c2c(n1)OC(=O)CC2. The predicted octanol–water partition coefficient (Wildman–Crippen LogP) is 1.29. The van der Waals surface area contributed by atoms with Crippen LogP contribution in [-0.4, -0.2) is 15.9 Å². The molecule has 0 N–H and O–H groups in total. The van der Waals surface area contributed by atoms with Gasteiger partial charge in [-0.2, -0.15) is 4.98 Å². The van der Waals surface area contributed by atoms with Gasteiger partial charge < -0.3 is 4.74 Å². The molecule has 1 aromatic rings. The zero-order valence-electron chi connectivity index (χ0n) is 7.00. The van der Waals surface area contributed by atoms with Gasteiger partial charge in [0.25, 0.3) is 0 Å². The van der Waals surface area contributed by atoms with Gasteiger partial charge in [0.15, 0.2) is 0 Å². The standard InChI is InChI=1S/C8H7ClN2O2/c1-4-10-7(9)5-2-3-6(12)13-8(5)11-4/h2-3H2,1H3. The Balaban J connectivity index is 2.53. The van der Waals surface area contributed by atoms with E-state index < -0.39 is 0 Å². The molecule has 1 aliphatic rings. The summed E-state index contributed by atoms with van der Waals surface area (Å²) in [6, 6.07) is 0. The van der Waals surface area contributed by atoms with Crippen molar-refractivity contribution in [1.29, 1.82) is 0 Å². The first-order valence-electron chi connectivity index (χ1n) is 3.90. The number of hydrogen-bond donors (Lipinski definition) is 0. The molecule has 2 rings (SSSR count). The number of hydrogen-bond acceptors (Lipinski definition) is 4. The van der Waals surface area contributed by atoms with Crippen LogP contribution in [0.15, 0.2) is 0 Å². The maximum atomic E-state index is 10.9. The Kier molecular flexibility index (Phi) is 1.92. The molecule has 13 heavy (non-hydrogen) atoms. The molecule has 0 radical (unpaired) electrons. The van der Waals surface area contributed by atoms with Crippen LogP contribution < -0.4 is 4.74 Å². The Labute approximate surface area is 79.9 Å². The smallest absolute Gasteiger partial charge is 0.312 e. The predicted molar refractivity (Wildman–Crippen MR) is 45.7 cm³/mol. The van der Waals surface area contributed by atoms with E-state index >= 15 is 0 Å². The van der Waals surface area contributed by atoms with E-state index in [1.807, 2.05) is 0 Å². The van der Waals surface area contributed by atoms with Crippen LogP contribution in [0.5, 0.6) is 5.88 Å². The van der Waals surface area contributed by atoms with Gasteiger partial charge in [-0.1, -0.05) is 11.6 Å². The van der Waals surface area contributed by atoms with Crippen molar-refractivity contribution < 1.29 is 9.53 Å². The van der Waals surface area contributed by atoms with Crippen molar-refractivity contribution in [3.63, 3.8) is 0 Å². The molecule has 0 saturated heterocycles. The van der Waals surface area contributed by atoms with Crippen LogP contribution in [0.1, 0.15) is 17.8 Å². The van der Waals surface area contributed by atoms with Crippen LogP contribution in [0.2, 0.25) is 5.15 Å². The number of halogens is 1. The number of nitrogens with zero attached hydrogens (tertiary/aromatic N) is 2. The molecule has 1 aromatic heterocycles. The van der Waals surface area contributed by atoms with Crippen LogP contribution in [0.25, 0.3) is 0 Å². The topological polar surface area (TPSA) is 52.1 Å². The molecule has 68 valence electrons. The summed E-state index contributed by atoms with van der Waals surface area (Å²) in [4.78, 5) is 18.9. The highest BCUT2D eigenvalue weighted by Gasteiger charge is 2.21. The molecule has 0 saturated carbocycles. The quantitative estimate of drug-likeness (QED) is 0.466. The first-order valence-corrected chi connectivity index (χ1v) is 4.28. The fourth-order valence-corrected chi connectivity index (χ4v) is 1.52. The summed E-state index contributed by atoms with van der Waals surface area (Å²) in [6.07, 6.45) is 0.909. The van der Waals surface area contributed by atoms with Gasteiger partial charge >= 0.3 is 5.97 Å². The number of rotatable bonds is 0. The van der Waals surface area contributed by atoms with Crippen molar-refractivity contribution in [1.82, 2.24) is 9.97 Å². The van der Waals surface area contributed by atoms with Gasteiger partial charge in [0, 0.05) is 0 Å². The highest BCUT2D eigenvalue weighted by atomic mass is 35.5. The molecule has 4 nitrogen and oxygen atoms in total. The monoisotopic (exact) mass is 198 g/mol. The van der Waals surface area contributed by atoms with Crippen LogP contribution in [0.3, 0.4) is 0 Å². The molecule has 2 heterocycles. The Morgan fingerprint density at radius 1 is 1.38 bits per heavy atom. The Morgan fingerprint density at radius 2 is 2.15 bits per heavy atom. The van der Waals surface area contributed by atoms with Crippen molar-refractivity contribution in [3.05, 3.63) is 16.5 Å². The number of esters is 1. The third-order valence-corrected chi connectivity index (χ3v) is 2.13. The third kappa shape index (κ3) is 1.49. The van der Waals surface area contributed by atoms with Crippen molar-refractivity contribution in [2.24, 2.45) is 0 Å². The molecule has 0 atom stereocenters. The molecular weight excluding hydrogens is 192 g/mol. The van der Waals surface area contributed by atoms with E-state index in [1.165, 1.54) is 0 Å². The van der Waals surface area contributed by atoms with Crippen molar-refractivity contribution >= 4 is 17.6 Å². The Hall–Kier alpha value is -1.16. The number of aromatic nitrogens is 2. The fraction of sp³-hybridized carbons (Fsp3) is 0.375. The lowest BCUT2D eigenvalue weighted by atomic mass is 10.1. The van der Waals surface area contributed by atoms with Crippen molar-refractivity contribution in [2.75, 3.05) is 0 Å². The largest absolute Gasteiger partial charge is 0.407 e. The van der Waals surface area contributed by atoms with E-state index in [4.69, 9.17) is 16.3 Å². The van der Waals surface area contributed by atoms with E-state index in [9.17, 15) is 4.79 Å². The van der Waals surface area contributed by atoms with Gasteiger partial charge in [-0.25, -0.2) is 4.98 Å². The number of carbonyl (C=O) groups excluding carboxylic acids is 1. The number of ether oxygens (including phenoxy) is 1. The second-order valence-corrected chi connectivity index (χ2v) is 3.18. The molecule has 0 spiro atoms. The molecular formula is C8H7ClN2O2. The molecule has 0 aliphatic carbocycles. The average Bonchev–Trinajstić information content (AvgIpc) is 2.02. The van der Waals surface area contributed by atoms with Crippen LogP contribution in [0.4, 0.5) is 0 Å². The summed E-state index contributed by atoms with van der Waals surface area (Å²) in [5.41, 5.74) is 0.729. The number of fused-ring (bicyclic) bond motifs is 1. The van der Waals surface area contributed by atoms with E-state index in [-0.39, 0.29) is 5.97 Å². The minimum Gasteiger partial charge on any atom is -0.407 e. The molecule has 0 bridgehead atoms. The maximum Gasteiger partial charge on any atom is 0.312 e. The average molecular weight is 199 g/mol. The van der Waals surface area contributed by atoms with Gasteiger partial charge in [-0.3, -0.25) is 4.79 Å². The molecule has 0 unspecified atom stereocenters. The lowest BCUT2D eigenvalue weighted by molar-refractivity contribution is -0.135. The first kappa shape index (κ1) is 8.44. The second kappa shape index (κ2) is 2.96. The summed E-state index contributed by atoms with van der Waals surface area (Å²) >= 11 is 5.85. The second-order valence-electron chi connectivity index (χ2n) is 2.82. The van der Waals surface area contributed by atoms with Gasteiger partial charge in [0.1, 0.15) is 11.0 Å². The maximum absolute atomic E-state index is 10.9. The zero-order chi connectivity index (χ0) is 9.42. The van der Waals surface area contributed by atoms with E-state index in [0.29, 0.717) is 29.7 Å². The lowest BCUT2D eigenvalue weighted by Gasteiger charge is -2.14. The Bertz CT molecular complexity index is 379. The summed E-state index contributed by atoms with van der Waals surface area (Å²) in [7, 11) is 0. The fourth-order valence-electron chi connectivity index (χ4n) is 1.22. The molecule has 1 aliphatic heterocycles. The van der Waals surface area contributed by atoms with Crippen LogP contribution >= 0.6 is 11.6 Å². The summed E-state index contributed by atoms with van der Waals surface area (Å²) in [6.45, 7) is 1.70. The number of carbonyl (C=O) groups is 1. The Morgan fingerprint density at radius 3 is 2.92 bits per heavy atom. The molecule has 0 fully saturated rings. The number of aryl methyl sites for hydroxylation is 1. The van der Waals surface area contributed by atoms with Crippen molar-refractivity contribution in [3.8, 4) is 5.88 Å². The lowest BCUT2D eigenvalue weighted by Crippen LogP contribution is -2.18. The summed E-state index contributed by atoms with van der Waals surface area (Å²) < 4.78 is 4.92. The third-order valence-electron chi connectivity index (χ3n) is 1.82. The summed E-state index contributed by atoms with van der Waals surface area (Å²) in [5.74, 6) is 0.564. The first-order chi connectivity index (χ1) is 6.16. The highest BCUT2D eigenvalue weighted by molar-refractivity contribution is 6.30. The molecule has 0 aromatic carbocycles. The summed E-state index contributed by atoms with van der Waals surface area (Å²) in [5, 5.41) is 0.384.